The molecule has 0 bridgehead atoms. The maximum Gasteiger partial charge on any atom is 0.203 e. The highest BCUT2D eigenvalue weighted by Gasteiger charge is 2.13. The Kier molecular flexibility index (Phi) is 5.16. The number of hydrogen-bond donors (Lipinski definition) is 0. The van der Waals surface area contributed by atoms with E-state index >= 15 is 0 Å². The fraction of sp³-hybridized carbons (Fsp3) is 0.158. The summed E-state index contributed by atoms with van der Waals surface area (Å²) >= 11 is 0. The zero-order valence-electron chi connectivity index (χ0n) is 13.3. The van der Waals surface area contributed by atoms with Crippen molar-refractivity contribution in [2.24, 2.45) is 0 Å². The van der Waals surface area contributed by atoms with Crippen LogP contribution in [0.3, 0.4) is 0 Å². The van der Waals surface area contributed by atoms with Crippen LogP contribution in [0.2, 0.25) is 0 Å². The lowest BCUT2D eigenvalue weighted by atomic mass is 10.0. The highest BCUT2D eigenvalue weighted by molar-refractivity contribution is 6.14. The van der Waals surface area contributed by atoms with E-state index in [1.54, 1.807) is 37.4 Å². The minimum absolute atomic E-state index is 0.0531. The lowest BCUT2D eigenvalue weighted by Gasteiger charge is -2.08. The Labute approximate surface area is 135 Å². The molecule has 4 nitrogen and oxygen atoms in total. The van der Waals surface area contributed by atoms with Gasteiger partial charge in [-0.3, -0.25) is 4.79 Å². The number of carbonyl (C=O) groups is 1. The summed E-state index contributed by atoms with van der Waals surface area (Å²) in [6.07, 6.45) is 1.53. The number of methoxy groups -OCH3 is 2. The molecule has 0 aromatic heterocycles. The molecule has 0 saturated heterocycles. The molecule has 4 heteroatoms. The molecule has 23 heavy (non-hydrogen) atoms. The molecule has 0 aliphatic rings. The molecule has 0 amide bonds. The van der Waals surface area contributed by atoms with Crippen LogP contribution in [0, 0.1) is 18.3 Å². The molecule has 0 heterocycles. The SMILES string of the molecule is COc1ccc(/C=C(\C#N)C(=O)c2ccc(C)cc2)c(OC)c1. The van der Waals surface area contributed by atoms with Crippen LogP contribution in [-0.2, 0) is 0 Å². The monoisotopic (exact) mass is 307 g/mol. The van der Waals surface area contributed by atoms with E-state index in [0.717, 1.165) is 5.56 Å². The molecule has 0 unspecified atom stereocenters. The summed E-state index contributed by atoms with van der Waals surface area (Å²) in [4.78, 5) is 12.5. The molecule has 0 atom stereocenters. The van der Waals surface area contributed by atoms with Gasteiger partial charge in [-0.15, -0.1) is 0 Å². The molecule has 0 saturated carbocycles. The summed E-state index contributed by atoms with van der Waals surface area (Å²) < 4.78 is 10.4. The summed E-state index contributed by atoms with van der Waals surface area (Å²) in [5, 5.41) is 9.33. The standard InChI is InChI=1S/C19H17NO3/c1-13-4-6-14(7-5-13)19(21)16(12-20)10-15-8-9-17(22-2)11-18(15)23-3/h4-11H,1-3H3/b16-10+. The van der Waals surface area contributed by atoms with Crippen LogP contribution in [0.5, 0.6) is 11.5 Å². The first-order valence-electron chi connectivity index (χ1n) is 7.04. The van der Waals surface area contributed by atoms with Crippen LogP contribution in [-0.4, -0.2) is 20.0 Å². The molecular weight excluding hydrogens is 290 g/mol. The molecule has 2 rings (SSSR count). The van der Waals surface area contributed by atoms with Crippen LogP contribution in [0.15, 0.2) is 48.0 Å². The summed E-state index contributed by atoms with van der Waals surface area (Å²) in [6, 6.07) is 14.3. The van der Waals surface area contributed by atoms with E-state index in [4.69, 9.17) is 9.47 Å². The van der Waals surface area contributed by atoms with Crippen molar-refractivity contribution in [1.29, 1.82) is 5.26 Å². The van der Waals surface area contributed by atoms with E-state index in [0.29, 0.717) is 22.6 Å². The first kappa shape index (κ1) is 16.3. The zero-order valence-corrected chi connectivity index (χ0v) is 13.3. The second-order valence-corrected chi connectivity index (χ2v) is 4.97. The summed E-state index contributed by atoms with van der Waals surface area (Å²) in [5.74, 6) is 0.863. The Bertz CT molecular complexity index is 783. The van der Waals surface area contributed by atoms with Gasteiger partial charge in [0.2, 0.25) is 5.78 Å². The van der Waals surface area contributed by atoms with Gasteiger partial charge in [0.1, 0.15) is 23.1 Å². The fourth-order valence-electron chi connectivity index (χ4n) is 2.10. The molecule has 0 aliphatic heterocycles. The van der Waals surface area contributed by atoms with E-state index in [-0.39, 0.29) is 11.4 Å². The van der Waals surface area contributed by atoms with Crippen molar-refractivity contribution in [2.45, 2.75) is 6.92 Å². The highest BCUT2D eigenvalue weighted by atomic mass is 16.5. The number of allylic oxidation sites excluding steroid dienone is 1. The summed E-state index contributed by atoms with van der Waals surface area (Å²) in [5.41, 5.74) is 2.24. The predicted molar refractivity (Wildman–Crippen MR) is 88.6 cm³/mol. The maximum atomic E-state index is 12.5. The number of aryl methyl sites for hydroxylation is 1. The molecule has 0 spiro atoms. The summed E-state index contributed by atoms with van der Waals surface area (Å²) in [7, 11) is 3.09. The van der Waals surface area contributed by atoms with Crippen molar-refractivity contribution in [1.82, 2.24) is 0 Å². The van der Waals surface area contributed by atoms with Crippen molar-refractivity contribution >= 4 is 11.9 Å². The van der Waals surface area contributed by atoms with E-state index in [2.05, 4.69) is 0 Å². The van der Waals surface area contributed by atoms with Crippen molar-refractivity contribution in [2.75, 3.05) is 14.2 Å². The normalized spacial score (nSPS) is 10.8. The van der Waals surface area contributed by atoms with Crippen LogP contribution in [0.25, 0.3) is 6.08 Å². The van der Waals surface area contributed by atoms with E-state index in [1.807, 2.05) is 25.1 Å². The summed E-state index contributed by atoms with van der Waals surface area (Å²) in [6.45, 7) is 1.94. The maximum absolute atomic E-state index is 12.5. The van der Waals surface area contributed by atoms with Crippen molar-refractivity contribution in [3.8, 4) is 17.6 Å². The molecular formula is C19H17NO3. The van der Waals surface area contributed by atoms with Gasteiger partial charge in [0.05, 0.1) is 14.2 Å². The molecule has 0 fully saturated rings. The van der Waals surface area contributed by atoms with E-state index < -0.39 is 0 Å². The van der Waals surface area contributed by atoms with Crippen LogP contribution in [0.1, 0.15) is 21.5 Å². The van der Waals surface area contributed by atoms with Gasteiger partial charge in [-0.1, -0.05) is 29.8 Å². The lowest BCUT2D eigenvalue weighted by Crippen LogP contribution is -2.02. The lowest BCUT2D eigenvalue weighted by molar-refractivity contribution is 0.104. The van der Waals surface area contributed by atoms with Gasteiger partial charge in [0, 0.05) is 17.2 Å². The van der Waals surface area contributed by atoms with Gasteiger partial charge in [0.15, 0.2) is 0 Å². The van der Waals surface area contributed by atoms with Crippen molar-refractivity contribution in [3.63, 3.8) is 0 Å². The Morgan fingerprint density at radius 1 is 1.09 bits per heavy atom. The number of carbonyl (C=O) groups excluding carboxylic acids is 1. The van der Waals surface area contributed by atoms with Gasteiger partial charge in [-0.05, 0) is 25.1 Å². The first-order chi connectivity index (χ1) is 11.1. The molecule has 116 valence electrons. The van der Waals surface area contributed by atoms with Gasteiger partial charge >= 0.3 is 0 Å². The minimum atomic E-state index is -0.314. The number of nitriles is 1. The Morgan fingerprint density at radius 3 is 2.35 bits per heavy atom. The topological polar surface area (TPSA) is 59.3 Å². The Hall–Kier alpha value is -3.06. The molecule has 0 aliphatic carbocycles. The van der Waals surface area contributed by atoms with Crippen LogP contribution >= 0.6 is 0 Å². The number of ketones is 1. The molecule has 2 aromatic carbocycles. The van der Waals surface area contributed by atoms with Gasteiger partial charge in [0.25, 0.3) is 0 Å². The second kappa shape index (κ2) is 7.28. The quantitative estimate of drug-likeness (QED) is 0.479. The average Bonchev–Trinajstić information content (AvgIpc) is 2.59. The Balaban J connectivity index is 2.41. The van der Waals surface area contributed by atoms with Crippen molar-refractivity contribution in [3.05, 3.63) is 64.7 Å². The van der Waals surface area contributed by atoms with Crippen LogP contribution in [0.4, 0.5) is 0 Å². The Morgan fingerprint density at radius 2 is 1.78 bits per heavy atom. The largest absolute Gasteiger partial charge is 0.497 e. The fourth-order valence-corrected chi connectivity index (χ4v) is 2.10. The number of ether oxygens (including phenoxy) is 2. The first-order valence-corrected chi connectivity index (χ1v) is 7.04. The number of benzene rings is 2. The number of hydrogen-bond acceptors (Lipinski definition) is 4. The van der Waals surface area contributed by atoms with Crippen molar-refractivity contribution < 1.29 is 14.3 Å². The smallest absolute Gasteiger partial charge is 0.203 e. The number of nitrogens with zero attached hydrogens (tertiary/aromatic N) is 1. The van der Waals surface area contributed by atoms with E-state index in [9.17, 15) is 10.1 Å². The van der Waals surface area contributed by atoms with Gasteiger partial charge in [-0.2, -0.15) is 5.26 Å². The highest BCUT2D eigenvalue weighted by Crippen LogP contribution is 2.27. The van der Waals surface area contributed by atoms with Crippen LogP contribution < -0.4 is 9.47 Å². The third-order valence-corrected chi connectivity index (χ3v) is 3.42. The van der Waals surface area contributed by atoms with Gasteiger partial charge < -0.3 is 9.47 Å². The minimum Gasteiger partial charge on any atom is -0.497 e. The third kappa shape index (κ3) is 3.78. The number of rotatable bonds is 5. The predicted octanol–water partition coefficient (Wildman–Crippen LogP) is 3.80. The molecule has 0 radical (unpaired) electrons. The number of Topliss-reactive ketones (excluding diaryl/α,β-unsaturated/α-hetero) is 1. The molecule has 0 N–H and O–H groups in total. The second-order valence-electron chi connectivity index (χ2n) is 4.97. The zero-order chi connectivity index (χ0) is 16.8. The third-order valence-electron chi connectivity index (χ3n) is 3.42. The van der Waals surface area contributed by atoms with Gasteiger partial charge in [-0.25, -0.2) is 0 Å². The average molecular weight is 307 g/mol. The molecule has 2 aromatic rings. The van der Waals surface area contributed by atoms with E-state index in [1.165, 1.54) is 13.2 Å².